The third kappa shape index (κ3) is 17.0. The Morgan fingerprint density at radius 2 is 1.19 bits per heavy atom. The fourth-order valence-electron chi connectivity index (χ4n) is 6.23. The van der Waals surface area contributed by atoms with Crippen molar-refractivity contribution in [2.45, 2.75) is 130 Å². The molecule has 0 aliphatic carbocycles. The second-order valence-electron chi connectivity index (χ2n) is 13.9. The molecule has 0 saturated heterocycles. The molecule has 0 aliphatic heterocycles. The first-order valence-corrected chi connectivity index (χ1v) is 20.1. The van der Waals surface area contributed by atoms with Crippen molar-refractivity contribution in [3.8, 4) is 5.75 Å². The van der Waals surface area contributed by atoms with E-state index in [0.29, 0.717) is 48.1 Å². The van der Waals surface area contributed by atoms with Gasteiger partial charge >= 0.3 is 5.97 Å². The Kier molecular flexibility index (Phi) is 21.2. The molecule has 0 atom stereocenters. The fourth-order valence-corrected chi connectivity index (χ4v) is 6.23. The third-order valence-corrected chi connectivity index (χ3v) is 9.56. The molecule has 0 radical (unpaired) electrons. The van der Waals surface area contributed by atoms with Crippen LogP contribution in [0.5, 0.6) is 5.75 Å². The molecule has 3 rings (SSSR count). The number of ether oxygens (including phenoxy) is 2. The molecule has 11 heteroatoms. The smallest absolute Gasteiger partial charge is 0.305 e. The molecule has 3 aromatic carbocycles. The van der Waals surface area contributed by atoms with Gasteiger partial charge in [0.05, 0.1) is 35.6 Å². The Morgan fingerprint density at radius 1 is 0.685 bits per heavy atom. The predicted octanol–water partition coefficient (Wildman–Crippen LogP) is 13.8. The molecule has 0 fully saturated rings. The van der Waals surface area contributed by atoms with Crippen LogP contribution in [-0.4, -0.2) is 37.7 Å². The Hall–Kier alpha value is -4.67. The molecule has 0 amide bonds. The summed E-state index contributed by atoms with van der Waals surface area (Å²) < 4.78 is 11.1. The summed E-state index contributed by atoms with van der Waals surface area (Å²) in [5.41, 5.74) is 4.13. The molecule has 0 spiro atoms. The lowest BCUT2D eigenvalue weighted by atomic mass is 10.0. The summed E-state index contributed by atoms with van der Waals surface area (Å²) in [6, 6.07) is 17.2. The van der Waals surface area contributed by atoms with E-state index in [0.717, 1.165) is 30.6 Å². The summed E-state index contributed by atoms with van der Waals surface area (Å²) in [6.45, 7) is 7.99. The van der Waals surface area contributed by atoms with Gasteiger partial charge < -0.3 is 14.4 Å². The van der Waals surface area contributed by atoms with Gasteiger partial charge in [-0.05, 0) is 68.3 Å². The van der Waals surface area contributed by atoms with Crippen molar-refractivity contribution in [2.75, 3.05) is 31.7 Å². The van der Waals surface area contributed by atoms with Gasteiger partial charge in [0.1, 0.15) is 18.0 Å². The number of non-ortho nitro benzene ring substituents is 1. The molecule has 54 heavy (non-hydrogen) atoms. The molecule has 3 aromatic rings. The lowest BCUT2D eigenvalue weighted by Crippen LogP contribution is -2.27. The maximum atomic E-state index is 12.3. The lowest BCUT2D eigenvalue weighted by molar-refractivity contribution is -0.384. The minimum Gasteiger partial charge on any atom is -0.494 e. The van der Waals surface area contributed by atoms with E-state index >= 15 is 0 Å². The highest BCUT2D eigenvalue weighted by Crippen LogP contribution is 2.36. The van der Waals surface area contributed by atoms with Crippen molar-refractivity contribution >= 4 is 40.1 Å². The number of rotatable bonds is 28. The van der Waals surface area contributed by atoms with Gasteiger partial charge in [-0.25, -0.2) is 0 Å². The van der Waals surface area contributed by atoms with Crippen LogP contribution in [0.25, 0.3) is 0 Å². The number of azo groups is 2. The van der Waals surface area contributed by atoms with Crippen LogP contribution in [0.3, 0.4) is 0 Å². The molecular weight excluding hydrogens is 681 g/mol. The Bertz CT molecular complexity index is 1580. The summed E-state index contributed by atoms with van der Waals surface area (Å²) >= 11 is 0. The maximum Gasteiger partial charge on any atom is 0.305 e. The SMILES string of the molecule is CCCCCCCCCCCCCCCCCCC(=O)OCCN(CC)c1ccc(/N=N/c2cc(C)c(/N=N/c3ccc([N+](=O)[O-])cc3)cc2OC)cc1. The first kappa shape index (κ1) is 43.7. The summed E-state index contributed by atoms with van der Waals surface area (Å²) in [4.78, 5) is 24.9. The summed E-state index contributed by atoms with van der Waals surface area (Å²) in [6.07, 6.45) is 21.5. The molecular formula is C43H62N6O5. The number of nitro groups is 1. The number of benzene rings is 3. The average molecular weight is 743 g/mol. The van der Waals surface area contributed by atoms with E-state index in [1.54, 1.807) is 25.3 Å². The average Bonchev–Trinajstić information content (AvgIpc) is 3.18. The van der Waals surface area contributed by atoms with E-state index in [9.17, 15) is 14.9 Å². The maximum absolute atomic E-state index is 12.3. The van der Waals surface area contributed by atoms with Crippen LogP contribution < -0.4 is 9.64 Å². The molecule has 0 saturated carbocycles. The standard InChI is InChI=1S/C43H62N6O5/c1-5-7-8-9-10-11-12-13-14-15-16-17-18-19-20-21-22-43(50)54-32-31-48(6-2)38-27-23-36(24-28-38)45-47-41-33-35(3)40(34-42(41)53-4)46-44-37-25-29-39(30-26-37)49(51)52/h23-30,33-34H,5-22,31-32H2,1-4H3/b46-44+,47-45+. The van der Waals surface area contributed by atoms with Gasteiger partial charge in [0.2, 0.25) is 0 Å². The van der Waals surface area contributed by atoms with Crippen molar-refractivity contribution in [3.05, 3.63) is 76.3 Å². The zero-order valence-corrected chi connectivity index (χ0v) is 33.1. The lowest BCUT2D eigenvalue weighted by Gasteiger charge is -2.23. The van der Waals surface area contributed by atoms with Gasteiger partial charge in [0.25, 0.3) is 5.69 Å². The monoisotopic (exact) mass is 742 g/mol. The van der Waals surface area contributed by atoms with E-state index in [4.69, 9.17) is 9.47 Å². The number of carbonyl (C=O) groups is 1. The highest BCUT2D eigenvalue weighted by Gasteiger charge is 2.10. The van der Waals surface area contributed by atoms with Gasteiger partial charge in [-0.1, -0.05) is 103 Å². The predicted molar refractivity (Wildman–Crippen MR) is 219 cm³/mol. The molecule has 0 aromatic heterocycles. The number of carbonyl (C=O) groups excluding carboxylic acids is 1. The van der Waals surface area contributed by atoms with Gasteiger partial charge in [0.15, 0.2) is 0 Å². The van der Waals surface area contributed by atoms with Crippen LogP contribution in [0.15, 0.2) is 81.1 Å². The van der Waals surface area contributed by atoms with Crippen LogP contribution in [0.1, 0.15) is 129 Å². The Balaban J connectivity index is 1.32. The zero-order valence-electron chi connectivity index (χ0n) is 33.1. The van der Waals surface area contributed by atoms with Crippen LogP contribution in [0.4, 0.5) is 34.1 Å². The van der Waals surface area contributed by atoms with E-state index in [2.05, 4.69) is 39.2 Å². The number of hydrogen-bond acceptors (Lipinski definition) is 10. The van der Waals surface area contributed by atoms with Gasteiger partial charge in [-0.2, -0.15) is 15.3 Å². The Morgan fingerprint density at radius 3 is 1.69 bits per heavy atom. The molecule has 0 unspecified atom stereocenters. The largest absolute Gasteiger partial charge is 0.494 e. The quantitative estimate of drug-likeness (QED) is 0.0239. The number of esters is 1. The summed E-state index contributed by atoms with van der Waals surface area (Å²) in [7, 11) is 1.55. The zero-order chi connectivity index (χ0) is 38.8. The minimum absolute atomic E-state index is 0.00712. The Labute approximate surface area is 322 Å². The molecule has 0 heterocycles. The molecule has 0 bridgehead atoms. The van der Waals surface area contributed by atoms with Crippen LogP contribution in [0, 0.1) is 17.0 Å². The number of anilines is 1. The number of nitrogens with zero attached hydrogens (tertiary/aromatic N) is 6. The van der Waals surface area contributed by atoms with Crippen molar-refractivity contribution in [1.29, 1.82) is 0 Å². The topological polar surface area (TPSA) is 131 Å². The summed E-state index contributed by atoms with van der Waals surface area (Å²) in [5.74, 6) is 0.374. The van der Waals surface area contributed by atoms with E-state index in [1.165, 1.54) is 102 Å². The van der Waals surface area contributed by atoms with Crippen molar-refractivity contribution < 1.29 is 19.2 Å². The first-order valence-electron chi connectivity index (χ1n) is 20.1. The van der Waals surface area contributed by atoms with E-state index < -0.39 is 4.92 Å². The second kappa shape index (κ2) is 26.2. The van der Waals surface area contributed by atoms with Crippen molar-refractivity contribution in [2.24, 2.45) is 20.5 Å². The highest BCUT2D eigenvalue weighted by atomic mass is 16.6. The summed E-state index contributed by atoms with van der Waals surface area (Å²) in [5, 5.41) is 28.2. The van der Waals surface area contributed by atoms with Gasteiger partial charge in [0, 0.05) is 36.9 Å². The molecule has 294 valence electrons. The van der Waals surface area contributed by atoms with Crippen LogP contribution >= 0.6 is 0 Å². The highest BCUT2D eigenvalue weighted by molar-refractivity contribution is 5.69. The number of aryl methyl sites for hydroxylation is 1. The van der Waals surface area contributed by atoms with Crippen molar-refractivity contribution in [3.63, 3.8) is 0 Å². The number of unbranched alkanes of at least 4 members (excludes halogenated alkanes) is 15. The number of methoxy groups -OCH3 is 1. The van der Waals surface area contributed by atoms with Gasteiger partial charge in [-0.3, -0.25) is 14.9 Å². The fraction of sp³-hybridized carbons (Fsp3) is 0.558. The van der Waals surface area contributed by atoms with Crippen LogP contribution in [0.2, 0.25) is 0 Å². The molecule has 0 aliphatic rings. The second-order valence-corrected chi connectivity index (χ2v) is 13.9. The normalized spacial score (nSPS) is 11.4. The number of likely N-dealkylation sites (N-methyl/N-ethyl adjacent to an activating group) is 1. The van der Waals surface area contributed by atoms with Gasteiger partial charge in [-0.15, -0.1) is 5.11 Å². The van der Waals surface area contributed by atoms with Crippen LogP contribution in [-0.2, 0) is 9.53 Å². The molecule has 11 nitrogen and oxygen atoms in total. The third-order valence-electron chi connectivity index (χ3n) is 9.56. The van der Waals surface area contributed by atoms with E-state index in [1.807, 2.05) is 37.3 Å². The number of nitro benzene ring substituents is 1. The number of hydrogen-bond donors (Lipinski definition) is 0. The minimum atomic E-state index is -0.457. The first-order chi connectivity index (χ1) is 26.3. The van der Waals surface area contributed by atoms with E-state index in [-0.39, 0.29) is 11.7 Å². The molecule has 0 N–H and O–H groups in total. The van der Waals surface area contributed by atoms with Crippen molar-refractivity contribution in [1.82, 2.24) is 0 Å².